The molecule has 0 spiro atoms. The Morgan fingerprint density at radius 3 is 2.40 bits per heavy atom. The van der Waals surface area contributed by atoms with Gasteiger partial charge in [0, 0.05) is 14.5 Å². The van der Waals surface area contributed by atoms with Gasteiger partial charge >= 0.3 is 5.97 Å². The van der Waals surface area contributed by atoms with Gasteiger partial charge in [0.25, 0.3) is 0 Å². The van der Waals surface area contributed by atoms with Crippen LogP contribution in [-0.4, -0.2) is 16.2 Å². The van der Waals surface area contributed by atoms with E-state index in [1.165, 1.54) is 0 Å². The van der Waals surface area contributed by atoms with Gasteiger partial charge in [-0.3, -0.25) is 0 Å². The van der Waals surface area contributed by atoms with Crippen molar-refractivity contribution in [1.82, 2.24) is 0 Å². The van der Waals surface area contributed by atoms with Gasteiger partial charge in [-0.15, -0.1) is 0 Å². The van der Waals surface area contributed by atoms with Crippen molar-refractivity contribution >= 4 is 37.8 Å². The second-order valence-corrected chi connectivity index (χ2v) is 4.27. The first-order valence-corrected chi connectivity index (χ1v) is 5.18. The summed E-state index contributed by atoms with van der Waals surface area (Å²) in [5.74, 6) is -4.28. The highest BCUT2D eigenvalue weighted by atomic mass is 79.9. The first-order chi connectivity index (χ1) is 6.86. The first-order valence-electron chi connectivity index (χ1n) is 3.60. The van der Waals surface area contributed by atoms with E-state index < -0.39 is 29.3 Å². The summed E-state index contributed by atoms with van der Waals surface area (Å²) in [5.41, 5.74) is -0.644. The molecule has 82 valence electrons. The zero-order valence-electron chi connectivity index (χ0n) is 6.97. The third-order valence-electron chi connectivity index (χ3n) is 1.65. The summed E-state index contributed by atoms with van der Waals surface area (Å²) in [4.78, 5) is 10.5. The number of carboxylic acid groups (broad SMARTS) is 1. The second kappa shape index (κ2) is 4.54. The van der Waals surface area contributed by atoms with Crippen LogP contribution in [0.4, 0.5) is 8.78 Å². The summed E-state index contributed by atoms with van der Waals surface area (Å²) < 4.78 is 26.2. The fourth-order valence-electron chi connectivity index (χ4n) is 0.955. The summed E-state index contributed by atoms with van der Waals surface area (Å²) >= 11 is 5.75. The van der Waals surface area contributed by atoms with Crippen molar-refractivity contribution in [2.45, 2.75) is 6.10 Å². The fraction of sp³-hybridized carbons (Fsp3) is 0.125. The molecule has 0 radical (unpaired) electrons. The van der Waals surface area contributed by atoms with Crippen LogP contribution in [0, 0.1) is 11.6 Å². The van der Waals surface area contributed by atoms with Crippen LogP contribution in [0.1, 0.15) is 11.7 Å². The Kier molecular flexibility index (Phi) is 3.80. The van der Waals surface area contributed by atoms with E-state index in [4.69, 9.17) is 10.2 Å². The number of halogens is 4. The lowest BCUT2D eigenvalue weighted by Gasteiger charge is -2.11. The zero-order valence-corrected chi connectivity index (χ0v) is 10.1. The SMILES string of the molecule is O=C(O)C(O)c1c(F)c(F)cc(Br)c1Br. The molecule has 0 aliphatic rings. The van der Waals surface area contributed by atoms with E-state index in [1.807, 2.05) is 0 Å². The van der Waals surface area contributed by atoms with Gasteiger partial charge in [0.15, 0.2) is 17.7 Å². The molecule has 1 atom stereocenters. The maximum Gasteiger partial charge on any atom is 0.337 e. The molecule has 1 rings (SSSR count). The third kappa shape index (κ3) is 2.35. The van der Waals surface area contributed by atoms with E-state index in [-0.39, 0.29) is 8.95 Å². The molecule has 0 saturated carbocycles. The van der Waals surface area contributed by atoms with Crippen molar-refractivity contribution in [1.29, 1.82) is 0 Å². The van der Waals surface area contributed by atoms with Crippen LogP contribution < -0.4 is 0 Å². The molecule has 3 nitrogen and oxygen atoms in total. The highest BCUT2D eigenvalue weighted by Crippen LogP contribution is 2.34. The van der Waals surface area contributed by atoms with Gasteiger partial charge in [0.05, 0.1) is 0 Å². The van der Waals surface area contributed by atoms with Crippen molar-refractivity contribution in [2.24, 2.45) is 0 Å². The van der Waals surface area contributed by atoms with E-state index >= 15 is 0 Å². The number of carboxylic acids is 1. The average Bonchev–Trinajstić information content (AvgIpc) is 2.15. The third-order valence-corrected chi connectivity index (χ3v) is 3.66. The molecule has 0 bridgehead atoms. The van der Waals surface area contributed by atoms with Crippen LogP contribution in [0.5, 0.6) is 0 Å². The number of aliphatic hydroxyl groups excluding tert-OH is 1. The quantitative estimate of drug-likeness (QED) is 0.810. The molecule has 1 aromatic rings. The van der Waals surface area contributed by atoms with Crippen LogP contribution in [0.3, 0.4) is 0 Å². The van der Waals surface area contributed by atoms with E-state index in [1.54, 1.807) is 0 Å². The molecule has 7 heteroatoms. The van der Waals surface area contributed by atoms with E-state index in [9.17, 15) is 13.6 Å². The van der Waals surface area contributed by atoms with Gasteiger partial charge in [-0.1, -0.05) is 0 Å². The van der Waals surface area contributed by atoms with E-state index in [2.05, 4.69) is 31.9 Å². The molecule has 0 saturated heterocycles. The molecule has 0 amide bonds. The maximum absolute atomic E-state index is 13.2. The van der Waals surface area contributed by atoms with Crippen molar-refractivity contribution in [2.75, 3.05) is 0 Å². The van der Waals surface area contributed by atoms with Crippen molar-refractivity contribution < 1.29 is 23.8 Å². The Balaban J connectivity index is 3.45. The lowest BCUT2D eigenvalue weighted by atomic mass is 10.1. The van der Waals surface area contributed by atoms with Crippen LogP contribution >= 0.6 is 31.9 Å². The first kappa shape index (κ1) is 12.5. The zero-order chi connectivity index (χ0) is 11.7. The molecule has 2 N–H and O–H groups in total. The largest absolute Gasteiger partial charge is 0.479 e. The fourth-order valence-corrected chi connectivity index (χ4v) is 1.88. The number of aliphatic hydroxyl groups is 1. The number of hydrogen-bond acceptors (Lipinski definition) is 2. The molecular formula is C8H4Br2F2O3. The second-order valence-electron chi connectivity index (χ2n) is 2.62. The summed E-state index contributed by atoms with van der Waals surface area (Å²) in [6.07, 6.45) is -2.12. The molecule has 0 fully saturated rings. The highest BCUT2D eigenvalue weighted by Gasteiger charge is 2.26. The van der Waals surface area contributed by atoms with Gasteiger partial charge < -0.3 is 10.2 Å². The Bertz CT molecular complexity index is 397. The van der Waals surface area contributed by atoms with Crippen molar-refractivity contribution in [3.8, 4) is 0 Å². The van der Waals surface area contributed by atoms with E-state index in [0.29, 0.717) is 0 Å². The minimum absolute atomic E-state index is 0.0312. The van der Waals surface area contributed by atoms with Crippen molar-refractivity contribution in [3.63, 3.8) is 0 Å². The molecule has 1 unspecified atom stereocenters. The van der Waals surface area contributed by atoms with Gasteiger partial charge in [-0.25, -0.2) is 13.6 Å². The number of hydrogen-bond donors (Lipinski definition) is 2. The molecule has 0 aromatic heterocycles. The lowest BCUT2D eigenvalue weighted by Crippen LogP contribution is -2.14. The molecule has 0 aliphatic carbocycles. The van der Waals surface area contributed by atoms with Crippen molar-refractivity contribution in [3.05, 3.63) is 32.2 Å². The van der Waals surface area contributed by atoms with Gasteiger partial charge in [0.2, 0.25) is 0 Å². The number of benzene rings is 1. The topological polar surface area (TPSA) is 57.5 Å². The Morgan fingerprint density at radius 2 is 1.93 bits per heavy atom. The number of rotatable bonds is 2. The average molecular weight is 346 g/mol. The van der Waals surface area contributed by atoms with E-state index in [0.717, 1.165) is 6.07 Å². The minimum Gasteiger partial charge on any atom is -0.479 e. The summed E-state index contributed by atoms with van der Waals surface area (Å²) in [5, 5.41) is 17.6. The summed E-state index contributed by atoms with van der Waals surface area (Å²) in [6, 6.07) is 0.831. The van der Waals surface area contributed by atoms with Crippen LogP contribution in [-0.2, 0) is 4.79 Å². The summed E-state index contributed by atoms with van der Waals surface area (Å²) in [7, 11) is 0. The smallest absolute Gasteiger partial charge is 0.337 e. The highest BCUT2D eigenvalue weighted by molar-refractivity contribution is 9.13. The van der Waals surface area contributed by atoms with Gasteiger partial charge in [0.1, 0.15) is 0 Å². The summed E-state index contributed by atoms with van der Waals surface area (Å²) in [6.45, 7) is 0. The van der Waals surface area contributed by atoms with Crippen LogP contribution in [0.15, 0.2) is 15.0 Å². The van der Waals surface area contributed by atoms with Gasteiger partial charge in [-0.2, -0.15) is 0 Å². The normalized spacial score (nSPS) is 12.6. The Labute approximate surface area is 100.0 Å². The predicted molar refractivity (Wildman–Crippen MR) is 54.4 cm³/mol. The standard InChI is InChI=1S/C8H4Br2F2O3/c9-2-1-3(11)6(12)4(5(2)10)7(13)8(14)15/h1,7,13H,(H,14,15). The predicted octanol–water partition coefficient (Wildman–Crippen LogP) is 2.61. The minimum atomic E-state index is -2.12. The molecular weight excluding hydrogens is 342 g/mol. The van der Waals surface area contributed by atoms with Crippen LogP contribution in [0.25, 0.3) is 0 Å². The Morgan fingerprint density at radius 1 is 1.40 bits per heavy atom. The maximum atomic E-state index is 13.2. The molecule has 0 heterocycles. The number of carbonyl (C=O) groups is 1. The lowest BCUT2D eigenvalue weighted by molar-refractivity contribution is -0.147. The monoisotopic (exact) mass is 344 g/mol. The van der Waals surface area contributed by atoms with Crippen LogP contribution in [0.2, 0.25) is 0 Å². The number of aliphatic carboxylic acids is 1. The molecule has 15 heavy (non-hydrogen) atoms. The molecule has 1 aromatic carbocycles. The Hall–Kier alpha value is -0.530. The van der Waals surface area contributed by atoms with Gasteiger partial charge in [-0.05, 0) is 37.9 Å². The molecule has 0 aliphatic heterocycles.